The van der Waals surface area contributed by atoms with Gasteiger partial charge < -0.3 is 9.80 Å². The van der Waals surface area contributed by atoms with Crippen molar-refractivity contribution in [3.8, 4) is 0 Å². The third kappa shape index (κ3) is 4.13. The highest BCUT2D eigenvalue weighted by Crippen LogP contribution is 1.99. The Balaban J connectivity index is 1.75. The molecule has 0 amide bonds. The summed E-state index contributed by atoms with van der Waals surface area (Å²) in [6.07, 6.45) is 6.69. The first-order chi connectivity index (χ1) is 8.24. The minimum absolute atomic E-state index is 1.16. The Labute approximate surface area is 105 Å². The number of hydrogen-bond acceptors (Lipinski definition) is 3. The van der Waals surface area contributed by atoms with Gasteiger partial charge in [-0.2, -0.15) is 0 Å². The van der Waals surface area contributed by atoms with Gasteiger partial charge in [0.15, 0.2) is 19.3 Å². The Morgan fingerprint density at radius 2 is 1.41 bits per heavy atom. The molecule has 0 aromatic carbocycles. The molecule has 0 aliphatic carbocycles. The molecular formula is C13H25N4+. The maximum atomic E-state index is 2.41. The van der Waals surface area contributed by atoms with E-state index in [2.05, 4.69) is 51.9 Å². The molecule has 96 valence electrons. The van der Waals surface area contributed by atoms with Crippen LogP contribution in [0.3, 0.4) is 0 Å². The van der Waals surface area contributed by atoms with E-state index >= 15 is 0 Å². The molecule has 4 nitrogen and oxygen atoms in total. The molecule has 0 atom stereocenters. The van der Waals surface area contributed by atoms with Crippen LogP contribution >= 0.6 is 0 Å². The molecule has 17 heavy (non-hydrogen) atoms. The summed E-state index contributed by atoms with van der Waals surface area (Å²) in [5.41, 5.74) is 0. The van der Waals surface area contributed by atoms with Gasteiger partial charge in [-0.15, -0.1) is 0 Å². The van der Waals surface area contributed by atoms with E-state index < -0.39 is 0 Å². The molecule has 2 aliphatic rings. The topological polar surface area (TPSA) is 12.7 Å². The fourth-order valence-electron chi connectivity index (χ4n) is 2.22. The van der Waals surface area contributed by atoms with E-state index in [0.29, 0.717) is 0 Å². The van der Waals surface area contributed by atoms with E-state index in [1.54, 1.807) is 0 Å². The van der Waals surface area contributed by atoms with E-state index in [1.165, 1.54) is 26.2 Å². The molecule has 0 aromatic rings. The number of allylic oxidation sites excluding steroid dienone is 1. The van der Waals surface area contributed by atoms with Crippen LogP contribution in [0.2, 0.25) is 0 Å². The first-order valence-corrected chi connectivity index (χ1v) is 6.61. The van der Waals surface area contributed by atoms with Crippen LogP contribution in [0.4, 0.5) is 0 Å². The monoisotopic (exact) mass is 237 g/mol. The predicted molar refractivity (Wildman–Crippen MR) is 71.8 cm³/mol. The van der Waals surface area contributed by atoms with Gasteiger partial charge in [0.1, 0.15) is 0 Å². The van der Waals surface area contributed by atoms with Crippen molar-refractivity contribution < 1.29 is 4.58 Å². The smallest absolute Gasteiger partial charge is 0.164 e. The number of hydrogen-bond donors (Lipinski definition) is 0. The van der Waals surface area contributed by atoms with Crippen molar-refractivity contribution in [2.45, 2.75) is 0 Å². The van der Waals surface area contributed by atoms with E-state index in [4.69, 9.17) is 0 Å². The van der Waals surface area contributed by atoms with Crippen LogP contribution in [-0.4, -0.2) is 91.9 Å². The molecule has 2 rings (SSSR count). The van der Waals surface area contributed by atoms with Crippen LogP contribution in [0.25, 0.3) is 0 Å². The van der Waals surface area contributed by atoms with Crippen LogP contribution < -0.4 is 0 Å². The van der Waals surface area contributed by atoms with E-state index in [0.717, 1.165) is 26.2 Å². The van der Waals surface area contributed by atoms with Crippen LogP contribution in [0, 0.1) is 0 Å². The molecule has 2 saturated heterocycles. The average molecular weight is 237 g/mol. The second kappa shape index (κ2) is 6.17. The van der Waals surface area contributed by atoms with Crippen molar-refractivity contribution in [2.75, 3.05) is 66.5 Å². The number of nitrogens with zero attached hydrogens (tertiary/aromatic N) is 4. The molecule has 0 bridgehead atoms. The van der Waals surface area contributed by atoms with Crippen LogP contribution in [0.15, 0.2) is 12.3 Å². The minimum atomic E-state index is 1.16. The molecule has 0 aromatic heterocycles. The maximum Gasteiger partial charge on any atom is 0.164 e. The molecular weight excluding hydrogens is 212 g/mol. The number of rotatable bonds is 2. The zero-order valence-electron chi connectivity index (χ0n) is 11.2. The Morgan fingerprint density at radius 3 is 2.06 bits per heavy atom. The normalized spacial score (nSPS) is 24.6. The molecule has 0 spiro atoms. The van der Waals surface area contributed by atoms with E-state index in [9.17, 15) is 0 Å². The number of piperazine rings is 2. The van der Waals surface area contributed by atoms with Gasteiger partial charge >= 0.3 is 0 Å². The standard InChI is InChI=1S/C13H25N4/c1-14-6-10-16(11-7-14)4-3-5-17-12-8-15(2)9-13-17/h3-5H,6-13H2,1-2H3/q+1. The summed E-state index contributed by atoms with van der Waals surface area (Å²) in [4.78, 5) is 7.18. The van der Waals surface area contributed by atoms with Crippen molar-refractivity contribution in [1.82, 2.24) is 14.7 Å². The molecule has 2 fully saturated rings. The molecule has 0 unspecified atom stereocenters. The van der Waals surface area contributed by atoms with Gasteiger partial charge in [0, 0.05) is 38.5 Å². The van der Waals surface area contributed by atoms with Gasteiger partial charge in [0.05, 0.1) is 13.1 Å². The third-order valence-corrected chi connectivity index (χ3v) is 3.67. The van der Waals surface area contributed by atoms with Gasteiger partial charge in [-0.3, -0.25) is 4.90 Å². The second-order valence-electron chi connectivity index (χ2n) is 5.17. The van der Waals surface area contributed by atoms with Gasteiger partial charge in [-0.25, -0.2) is 4.58 Å². The Morgan fingerprint density at radius 1 is 0.824 bits per heavy atom. The summed E-state index contributed by atoms with van der Waals surface area (Å²) >= 11 is 0. The Bertz CT molecular complexity index is 280. The first kappa shape index (κ1) is 12.6. The van der Waals surface area contributed by atoms with Gasteiger partial charge in [0.2, 0.25) is 0 Å². The minimum Gasteiger partial charge on any atom is -0.375 e. The Hall–Kier alpha value is -0.870. The van der Waals surface area contributed by atoms with Crippen molar-refractivity contribution in [2.24, 2.45) is 0 Å². The highest BCUT2D eigenvalue weighted by molar-refractivity contribution is 5.65. The van der Waals surface area contributed by atoms with Gasteiger partial charge in [-0.1, -0.05) is 0 Å². The maximum absolute atomic E-state index is 2.41. The van der Waals surface area contributed by atoms with Crippen molar-refractivity contribution in [1.29, 1.82) is 0 Å². The molecule has 4 heteroatoms. The van der Waals surface area contributed by atoms with Crippen molar-refractivity contribution >= 4 is 6.21 Å². The predicted octanol–water partition coefficient (Wildman–Crippen LogP) is -0.224. The summed E-state index contributed by atoms with van der Waals surface area (Å²) in [5.74, 6) is 0. The molecule has 0 saturated carbocycles. The lowest BCUT2D eigenvalue weighted by Gasteiger charge is -2.31. The lowest BCUT2D eigenvalue weighted by molar-refractivity contribution is -0.534. The molecule has 2 aliphatic heterocycles. The lowest BCUT2D eigenvalue weighted by atomic mass is 10.3. The molecule has 0 N–H and O–H groups in total. The zero-order valence-corrected chi connectivity index (χ0v) is 11.2. The van der Waals surface area contributed by atoms with E-state index in [1.807, 2.05) is 0 Å². The summed E-state index contributed by atoms with van der Waals surface area (Å²) in [7, 11) is 4.38. The highest BCUT2D eigenvalue weighted by atomic mass is 15.2. The van der Waals surface area contributed by atoms with E-state index in [-0.39, 0.29) is 0 Å². The zero-order chi connectivity index (χ0) is 12.1. The third-order valence-electron chi connectivity index (χ3n) is 3.67. The van der Waals surface area contributed by atoms with Crippen molar-refractivity contribution in [3.05, 3.63) is 12.3 Å². The molecule has 0 radical (unpaired) electrons. The average Bonchev–Trinajstić information content (AvgIpc) is 2.34. The summed E-state index contributed by atoms with van der Waals surface area (Å²) in [6.45, 7) is 9.34. The fraction of sp³-hybridized carbons (Fsp3) is 0.769. The summed E-state index contributed by atoms with van der Waals surface area (Å²) in [5, 5.41) is 0. The van der Waals surface area contributed by atoms with Crippen LogP contribution in [-0.2, 0) is 0 Å². The van der Waals surface area contributed by atoms with Crippen LogP contribution in [0.1, 0.15) is 0 Å². The lowest BCUT2D eigenvalue weighted by Crippen LogP contribution is -2.42. The fourth-order valence-corrected chi connectivity index (χ4v) is 2.22. The highest BCUT2D eigenvalue weighted by Gasteiger charge is 2.14. The molecule has 2 heterocycles. The van der Waals surface area contributed by atoms with Gasteiger partial charge in [0.25, 0.3) is 0 Å². The quantitative estimate of drug-likeness (QED) is 0.616. The number of likely N-dealkylation sites (N-methyl/N-ethyl adjacent to an activating group) is 2. The Kier molecular flexibility index (Phi) is 4.57. The summed E-state index contributed by atoms with van der Waals surface area (Å²) < 4.78 is 2.41. The first-order valence-electron chi connectivity index (χ1n) is 6.61. The van der Waals surface area contributed by atoms with Crippen LogP contribution in [0.5, 0.6) is 0 Å². The van der Waals surface area contributed by atoms with Crippen molar-refractivity contribution in [3.63, 3.8) is 0 Å². The SMILES string of the molecule is CN1CCN(/C=C/C=[N+]2CCN(C)CC2)CC1. The largest absolute Gasteiger partial charge is 0.375 e. The summed E-state index contributed by atoms with van der Waals surface area (Å²) in [6, 6.07) is 0. The van der Waals surface area contributed by atoms with Gasteiger partial charge in [-0.05, 0) is 14.1 Å². The second-order valence-corrected chi connectivity index (χ2v) is 5.17.